The highest BCUT2D eigenvalue weighted by molar-refractivity contribution is 9.10. The molecule has 0 fully saturated rings. The van der Waals surface area contributed by atoms with Crippen LogP contribution in [0.3, 0.4) is 0 Å². The standard InChI is InChI=1S/C10H5BrF3NO/c1-5(16)7-2-6(4-15)8(3-9(7)11)10(12,13)14/h2-3H,1H3. The van der Waals surface area contributed by atoms with Crippen LogP contribution in [-0.2, 0) is 6.18 Å². The predicted octanol–water partition coefficient (Wildman–Crippen LogP) is 3.54. The van der Waals surface area contributed by atoms with Gasteiger partial charge >= 0.3 is 6.18 Å². The number of alkyl halides is 3. The zero-order chi connectivity index (χ0) is 12.5. The average Bonchev–Trinajstić information content (AvgIpc) is 2.15. The van der Waals surface area contributed by atoms with E-state index in [1.54, 1.807) is 0 Å². The van der Waals surface area contributed by atoms with Crippen LogP contribution in [0.25, 0.3) is 0 Å². The molecular weight excluding hydrogens is 287 g/mol. The van der Waals surface area contributed by atoms with Gasteiger partial charge in [-0.1, -0.05) is 15.9 Å². The number of Topliss-reactive ketones (excluding diaryl/α,β-unsaturated/α-hetero) is 1. The summed E-state index contributed by atoms with van der Waals surface area (Å²) in [4.78, 5) is 11.1. The number of halogens is 4. The van der Waals surface area contributed by atoms with Gasteiger partial charge in [-0.25, -0.2) is 0 Å². The molecule has 0 saturated carbocycles. The van der Waals surface area contributed by atoms with Crippen LogP contribution in [0.4, 0.5) is 13.2 Å². The van der Waals surface area contributed by atoms with Gasteiger partial charge in [0.05, 0.1) is 17.2 Å². The number of hydrogen-bond donors (Lipinski definition) is 0. The minimum Gasteiger partial charge on any atom is -0.294 e. The summed E-state index contributed by atoms with van der Waals surface area (Å²) < 4.78 is 37.5. The average molecular weight is 292 g/mol. The molecule has 0 radical (unpaired) electrons. The molecule has 0 atom stereocenters. The Morgan fingerprint density at radius 3 is 2.38 bits per heavy atom. The molecule has 1 aromatic rings. The largest absolute Gasteiger partial charge is 0.417 e. The van der Waals surface area contributed by atoms with Crippen molar-refractivity contribution in [3.05, 3.63) is 33.3 Å². The van der Waals surface area contributed by atoms with Crippen LogP contribution in [-0.4, -0.2) is 5.78 Å². The van der Waals surface area contributed by atoms with Gasteiger partial charge in [0.1, 0.15) is 0 Å². The Balaban J connectivity index is 3.52. The molecule has 1 rings (SSSR count). The maximum atomic E-state index is 12.5. The normalized spacial score (nSPS) is 11.0. The first-order valence-electron chi connectivity index (χ1n) is 4.09. The summed E-state index contributed by atoms with van der Waals surface area (Å²) in [6.45, 7) is 1.22. The summed E-state index contributed by atoms with van der Waals surface area (Å²) in [5.41, 5.74) is -1.54. The summed E-state index contributed by atoms with van der Waals surface area (Å²) >= 11 is 2.87. The molecule has 0 unspecified atom stereocenters. The molecule has 0 aliphatic rings. The number of benzene rings is 1. The molecule has 1 aromatic carbocycles. The Kier molecular flexibility index (Phi) is 3.38. The first kappa shape index (κ1) is 12.7. The van der Waals surface area contributed by atoms with Crippen molar-refractivity contribution in [3.63, 3.8) is 0 Å². The lowest BCUT2D eigenvalue weighted by molar-refractivity contribution is -0.137. The molecule has 0 bridgehead atoms. The van der Waals surface area contributed by atoms with E-state index in [9.17, 15) is 18.0 Å². The van der Waals surface area contributed by atoms with Gasteiger partial charge in [-0.05, 0) is 19.1 Å². The monoisotopic (exact) mass is 291 g/mol. The van der Waals surface area contributed by atoms with Crippen LogP contribution in [0.2, 0.25) is 0 Å². The molecule has 0 amide bonds. The summed E-state index contributed by atoms with van der Waals surface area (Å²) in [7, 11) is 0. The maximum absolute atomic E-state index is 12.5. The Hall–Kier alpha value is -1.35. The number of carbonyl (C=O) groups excluding carboxylic acids is 1. The van der Waals surface area contributed by atoms with Crippen LogP contribution < -0.4 is 0 Å². The van der Waals surface area contributed by atoms with Crippen molar-refractivity contribution in [1.82, 2.24) is 0 Å². The van der Waals surface area contributed by atoms with E-state index in [2.05, 4.69) is 15.9 Å². The highest BCUT2D eigenvalue weighted by Crippen LogP contribution is 2.35. The van der Waals surface area contributed by atoms with Crippen molar-refractivity contribution in [1.29, 1.82) is 5.26 Å². The van der Waals surface area contributed by atoms with Gasteiger partial charge < -0.3 is 0 Å². The van der Waals surface area contributed by atoms with E-state index < -0.39 is 23.1 Å². The van der Waals surface area contributed by atoms with Crippen molar-refractivity contribution in [2.24, 2.45) is 0 Å². The molecule has 0 aromatic heterocycles. The van der Waals surface area contributed by atoms with Gasteiger partial charge in [0.15, 0.2) is 5.78 Å². The minimum atomic E-state index is -4.61. The van der Waals surface area contributed by atoms with Crippen LogP contribution in [0, 0.1) is 11.3 Å². The van der Waals surface area contributed by atoms with Crippen molar-refractivity contribution >= 4 is 21.7 Å². The van der Waals surface area contributed by atoms with Crippen molar-refractivity contribution in [2.45, 2.75) is 13.1 Å². The highest BCUT2D eigenvalue weighted by Gasteiger charge is 2.34. The summed E-state index contributed by atoms with van der Waals surface area (Å²) in [5.74, 6) is -0.405. The Morgan fingerprint density at radius 2 is 2.00 bits per heavy atom. The van der Waals surface area contributed by atoms with E-state index >= 15 is 0 Å². The molecule has 0 aliphatic heterocycles. The van der Waals surface area contributed by atoms with Crippen LogP contribution >= 0.6 is 15.9 Å². The van der Waals surface area contributed by atoms with Crippen LogP contribution in [0.1, 0.15) is 28.4 Å². The number of rotatable bonds is 1. The van der Waals surface area contributed by atoms with E-state index in [4.69, 9.17) is 5.26 Å². The second-order valence-corrected chi connectivity index (χ2v) is 3.90. The number of hydrogen-bond acceptors (Lipinski definition) is 2. The van der Waals surface area contributed by atoms with Gasteiger partial charge in [0, 0.05) is 10.0 Å². The molecule has 0 N–H and O–H groups in total. The molecule has 0 spiro atoms. The fourth-order valence-electron chi connectivity index (χ4n) is 1.17. The molecule has 0 heterocycles. The zero-order valence-electron chi connectivity index (χ0n) is 8.02. The fourth-order valence-corrected chi connectivity index (χ4v) is 1.79. The topological polar surface area (TPSA) is 40.9 Å². The van der Waals surface area contributed by atoms with E-state index in [1.807, 2.05) is 0 Å². The van der Waals surface area contributed by atoms with E-state index in [0.29, 0.717) is 0 Å². The van der Waals surface area contributed by atoms with Gasteiger partial charge in [-0.2, -0.15) is 18.4 Å². The second-order valence-electron chi connectivity index (χ2n) is 3.04. The molecule has 16 heavy (non-hydrogen) atoms. The number of carbonyl (C=O) groups is 1. The van der Waals surface area contributed by atoms with Gasteiger partial charge in [0.25, 0.3) is 0 Å². The number of nitriles is 1. The third kappa shape index (κ3) is 2.42. The van der Waals surface area contributed by atoms with Gasteiger partial charge in [0.2, 0.25) is 0 Å². The minimum absolute atomic E-state index is 0.0336. The predicted molar refractivity (Wildman–Crippen MR) is 53.9 cm³/mol. The lowest BCUT2D eigenvalue weighted by Crippen LogP contribution is -2.09. The summed E-state index contributed by atoms with van der Waals surface area (Å²) in [6.07, 6.45) is -4.61. The van der Waals surface area contributed by atoms with Crippen molar-refractivity contribution in [3.8, 4) is 6.07 Å². The third-order valence-electron chi connectivity index (χ3n) is 1.91. The van der Waals surface area contributed by atoms with Gasteiger partial charge in [-0.15, -0.1) is 0 Å². The number of ketones is 1. The lowest BCUT2D eigenvalue weighted by atomic mass is 10.0. The number of nitrogens with zero attached hydrogens (tertiary/aromatic N) is 1. The third-order valence-corrected chi connectivity index (χ3v) is 2.57. The smallest absolute Gasteiger partial charge is 0.294 e. The zero-order valence-corrected chi connectivity index (χ0v) is 9.61. The fraction of sp³-hybridized carbons (Fsp3) is 0.200. The molecule has 6 heteroatoms. The van der Waals surface area contributed by atoms with Crippen LogP contribution in [0.15, 0.2) is 16.6 Å². The first-order valence-corrected chi connectivity index (χ1v) is 4.88. The highest BCUT2D eigenvalue weighted by atomic mass is 79.9. The van der Waals surface area contributed by atoms with Gasteiger partial charge in [-0.3, -0.25) is 4.79 Å². The van der Waals surface area contributed by atoms with E-state index in [1.165, 1.54) is 13.0 Å². The molecule has 2 nitrogen and oxygen atoms in total. The SMILES string of the molecule is CC(=O)c1cc(C#N)c(C(F)(F)F)cc1Br. The second kappa shape index (κ2) is 4.26. The molecule has 84 valence electrons. The quantitative estimate of drug-likeness (QED) is 0.743. The van der Waals surface area contributed by atoms with E-state index in [0.717, 1.165) is 12.1 Å². The summed E-state index contributed by atoms with van der Waals surface area (Å²) in [5, 5.41) is 8.60. The Labute approximate surface area is 97.8 Å². The lowest BCUT2D eigenvalue weighted by Gasteiger charge is -2.10. The van der Waals surface area contributed by atoms with Crippen molar-refractivity contribution < 1.29 is 18.0 Å². The van der Waals surface area contributed by atoms with E-state index in [-0.39, 0.29) is 10.0 Å². The Bertz CT molecular complexity index is 488. The molecular formula is C10H5BrF3NO. The maximum Gasteiger partial charge on any atom is 0.417 e. The van der Waals surface area contributed by atoms with Crippen molar-refractivity contribution in [2.75, 3.05) is 0 Å². The van der Waals surface area contributed by atoms with Crippen LogP contribution in [0.5, 0.6) is 0 Å². The molecule has 0 aliphatic carbocycles. The molecule has 0 saturated heterocycles. The Morgan fingerprint density at radius 1 is 1.44 bits per heavy atom. The summed E-state index contributed by atoms with van der Waals surface area (Å²) in [6, 6.07) is 3.12. The first-order chi connectivity index (χ1) is 7.27.